The van der Waals surface area contributed by atoms with Crippen molar-refractivity contribution in [2.45, 2.75) is 13.3 Å². The number of hydrogen-bond donors (Lipinski definition) is 1. The monoisotopic (exact) mass is 201 g/mol. The summed E-state index contributed by atoms with van der Waals surface area (Å²) < 4.78 is 5.72. The summed E-state index contributed by atoms with van der Waals surface area (Å²) in [7, 11) is 0. The Morgan fingerprint density at radius 1 is 1.40 bits per heavy atom. The molecule has 1 heterocycles. The molecule has 1 aromatic carbocycles. The topological polar surface area (TPSA) is 39.2 Å². The summed E-state index contributed by atoms with van der Waals surface area (Å²) in [6, 6.07) is 10.1. The van der Waals surface area contributed by atoms with Gasteiger partial charge in [0.05, 0.1) is 0 Å². The molecule has 0 unspecified atom stereocenters. The van der Waals surface area contributed by atoms with Gasteiger partial charge in [-0.2, -0.15) is 0 Å². The van der Waals surface area contributed by atoms with Gasteiger partial charge in [-0.3, -0.25) is 0 Å². The molecule has 78 valence electrons. The quantitative estimate of drug-likeness (QED) is 0.828. The first-order chi connectivity index (χ1) is 7.31. The lowest BCUT2D eigenvalue weighted by molar-refractivity contribution is 0.599. The van der Waals surface area contributed by atoms with E-state index in [1.165, 1.54) is 0 Å². The maximum Gasteiger partial charge on any atom is 0.134 e. The molecule has 0 bridgehead atoms. The Labute approximate surface area is 89.4 Å². The molecular formula is C13H15NO. The molecule has 2 rings (SSSR count). The first-order valence-electron chi connectivity index (χ1n) is 5.17. The third kappa shape index (κ3) is 2.10. The first-order valence-corrected chi connectivity index (χ1v) is 5.17. The van der Waals surface area contributed by atoms with Gasteiger partial charge in [0.25, 0.3) is 0 Å². The van der Waals surface area contributed by atoms with Crippen LogP contribution in [0.3, 0.4) is 0 Å². The summed E-state index contributed by atoms with van der Waals surface area (Å²) in [5.74, 6) is 0.935. The number of hydrogen-bond acceptors (Lipinski definition) is 2. The van der Waals surface area contributed by atoms with E-state index in [-0.39, 0.29) is 0 Å². The minimum atomic E-state index is 0.678. The summed E-state index contributed by atoms with van der Waals surface area (Å²) in [5, 5.41) is 1.15. The number of furan rings is 1. The highest BCUT2D eigenvalue weighted by Gasteiger charge is 2.03. The lowest BCUT2D eigenvalue weighted by Gasteiger charge is -1.94. The van der Waals surface area contributed by atoms with Crippen molar-refractivity contribution in [3.63, 3.8) is 0 Å². The number of rotatable bonds is 3. The van der Waals surface area contributed by atoms with Crippen LogP contribution in [0.5, 0.6) is 0 Å². The minimum Gasteiger partial charge on any atom is -0.456 e. The molecule has 15 heavy (non-hydrogen) atoms. The maximum absolute atomic E-state index is 5.72. The van der Waals surface area contributed by atoms with Crippen molar-refractivity contribution in [2.75, 3.05) is 6.54 Å². The van der Waals surface area contributed by atoms with E-state index in [1.807, 2.05) is 25.1 Å². The van der Waals surface area contributed by atoms with Gasteiger partial charge in [0.15, 0.2) is 0 Å². The van der Waals surface area contributed by atoms with Crippen molar-refractivity contribution in [3.05, 3.63) is 42.2 Å². The van der Waals surface area contributed by atoms with Crippen molar-refractivity contribution in [3.8, 4) is 0 Å². The summed E-state index contributed by atoms with van der Waals surface area (Å²) in [6.07, 6.45) is 3.00. The summed E-state index contributed by atoms with van der Waals surface area (Å²) >= 11 is 0. The van der Waals surface area contributed by atoms with Crippen LogP contribution in [0.4, 0.5) is 0 Å². The fraction of sp³-hybridized carbons (Fsp3) is 0.231. The molecule has 0 radical (unpaired) electrons. The Kier molecular flexibility index (Phi) is 2.88. The zero-order chi connectivity index (χ0) is 10.7. The summed E-state index contributed by atoms with van der Waals surface area (Å²) in [5.41, 5.74) is 7.54. The van der Waals surface area contributed by atoms with Crippen LogP contribution in [0, 0.1) is 0 Å². The van der Waals surface area contributed by atoms with Gasteiger partial charge in [0.2, 0.25) is 0 Å². The van der Waals surface area contributed by atoms with Crippen LogP contribution >= 0.6 is 0 Å². The average molecular weight is 201 g/mol. The van der Waals surface area contributed by atoms with E-state index in [4.69, 9.17) is 10.2 Å². The van der Waals surface area contributed by atoms with Crippen molar-refractivity contribution >= 4 is 16.5 Å². The second-order valence-corrected chi connectivity index (χ2v) is 3.61. The number of allylic oxidation sites excluding steroid dienone is 1. The molecule has 2 nitrogen and oxygen atoms in total. The van der Waals surface area contributed by atoms with Crippen LogP contribution in [0.2, 0.25) is 0 Å². The fourth-order valence-electron chi connectivity index (χ4n) is 1.58. The van der Waals surface area contributed by atoms with Crippen molar-refractivity contribution < 1.29 is 4.42 Å². The third-order valence-corrected chi connectivity index (χ3v) is 2.43. The van der Waals surface area contributed by atoms with E-state index in [2.05, 4.69) is 18.2 Å². The lowest BCUT2D eigenvalue weighted by atomic mass is 10.2. The minimum absolute atomic E-state index is 0.678. The normalized spacial score (nSPS) is 12.3. The lowest BCUT2D eigenvalue weighted by Crippen LogP contribution is -1.95. The number of benzene rings is 1. The van der Waals surface area contributed by atoms with E-state index < -0.39 is 0 Å². The SMILES string of the molecule is CC(=CCCN)c1cc2ccccc2o1. The number of nitrogens with two attached hydrogens (primary N) is 1. The molecule has 0 fully saturated rings. The van der Waals surface area contributed by atoms with E-state index in [0.29, 0.717) is 6.54 Å². The zero-order valence-electron chi connectivity index (χ0n) is 8.86. The molecule has 0 aliphatic carbocycles. The highest BCUT2D eigenvalue weighted by Crippen LogP contribution is 2.24. The fourth-order valence-corrected chi connectivity index (χ4v) is 1.58. The second kappa shape index (κ2) is 4.32. The van der Waals surface area contributed by atoms with Crippen LogP contribution < -0.4 is 5.73 Å². The Hall–Kier alpha value is -1.54. The smallest absolute Gasteiger partial charge is 0.134 e. The van der Waals surface area contributed by atoms with Gasteiger partial charge < -0.3 is 10.2 Å². The first kappa shape index (κ1) is 9.99. The van der Waals surface area contributed by atoms with E-state index in [1.54, 1.807) is 0 Å². The van der Waals surface area contributed by atoms with Crippen LogP contribution in [0.15, 0.2) is 40.8 Å². The van der Waals surface area contributed by atoms with Crippen LogP contribution in [-0.2, 0) is 0 Å². The molecule has 0 amide bonds. The largest absolute Gasteiger partial charge is 0.456 e. The highest BCUT2D eigenvalue weighted by atomic mass is 16.3. The second-order valence-electron chi connectivity index (χ2n) is 3.61. The predicted molar refractivity (Wildman–Crippen MR) is 63.5 cm³/mol. The Morgan fingerprint density at radius 3 is 2.93 bits per heavy atom. The Morgan fingerprint density at radius 2 is 2.20 bits per heavy atom. The van der Waals surface area contributed by atoms with Crippen molar-refractivity contribution in [1.29, 1.82) is 0 Å². The van der Waals surface area contributed by atoms with Gasteiger partial charge in [-0.05, 0) is 37.6 Å². The number of fused-ring (bicyclic) bond motifs is 1. The van der Waals surface area contributed by atoms with Gasteiger partial charge in [-0.1, -0.05) is 24.3 Å². The van der Waals surface area contributed by atoms with Gasteiger partial charge >= 0.3 is 0 Å². The molecule has 2 aromatic rings. The Bertz CT molecular complexity index is 449. The van der Waals surface area contributed by atoms with Gasteiger partial charge in [0, 0.05) is 5.39 Å². The van der Waals surface area contributed by atoms with E-state index in [9.17, 15) is 0 Å². The molecule has 0 saturated heterocycles. The van der Waals surface area contributed by atoms with Gasteiger partial charge in [-0.15, -0.1) is 0 Å². The molecule has 1 aromatic heterocycles. The average Bonchev–Trinajstić information content (AvgIpc) is 2.69. The van der Waals surface area contributed by atoms with Crippen LogP contribution in [0.1, 0.15) is 19.1 Å². The summed E-state index contributed by atoms with van der Waals surface area (Å²) in [4.78, 5) is 0. The van der Waals surface area contributed by atoms with E-state index >= 15 is 0 Å². The molecule has 0 atom stereocenters. The highest BCUT2D eigenvalue weighted by molar-refractivity contribution is 5.81. The summed E-state index contributed by atoms with van der Waals surface area (Å²) in [6.45, 7) is 2.73. The molecule has 0 aliphatic rings. The number of para-hydroxylation sites is 1. The zero-order valence-corrected chi connectivity index (χ0v) is 8.86. The molecule has 2 heteroatoms. The standard InChI is InChI=1S/C13H15NO/c1-10(5-4-8-14)13-9-11-6-2-3-7-12(11)15-13/h2-3,5-7,9H,4,8,14H2,1H3. The van der Waals surface area contributed by atoms with Gasteiger partial charge in [0.1, 0.15) is 11.3 Å². The molecule has 0 aliphatic heterocycles. The molecular weight excluding hydrogens is 186 g/mol. The molecule has 0 saturated carbocycles. The Balaban J connectivity index is 2.36. The van der Waals surface area contributed by atoms with Crippen LogP contribution in [0.25, 0.3) is 16.5 Å². The van der Waals surface area contributed by atoms with Gasteiger partial charge in [-0.25, -0.2) is 0 Å². The molecule has 2 N–H and O–H groups in total. The van der Waals surface area contributed by atoms with Crippen molar-refractivity contribution in [1.82, 2.24) is 0 Å². The maximum atomic E-state index is 5.72. The van der Waals surface area contributed by atoms with Crippen molar-refractivity contribution in [2.24, 2.45) is 5.73 Å². The molecule has 0 spiro atoms. The van der Waals surface area contributed by atoms with Crippen LogP contribution in [-0.4, -0.2) is 6.54 Å². The predicted octanol–water partition coefficient (Wildman–Crippen LogP) is 3.18. The third-order valence-electron chi connectivity index (χ3n) is 2.43. The van der Waals surface area contributed by atoms with E-state index in [0.717, 1.165) is 28.7 Å².